The molecule has 2 aromatic rings. The van der Waals surface area contributed by atoms with Crippen molar-refractivity contribution in [1.29, 1.82) is 0 Å². The first kappa shape index (κ1) is 18.7. The van der Waals surface area contributed by atoms with E-state index in [0.717, 1.165) is 17.0 Å². The maximum absolute atomic E-state index is 12.2. The summed E-state index contributed by atoms with van der Waals surface area (Å²) in [6.07, 6.45) is 2.81. The van der Waals surface area contributed by atoms with Crippen LogP contribution in [-0.4, -0.2) is 46.6 Å². The predicted octanol–water partition coefficient (Wildman–Crippen LogP) is 2.79. The van der Waals surface area contributed by atoms with Gasteiger partial charge in [-0.2, -0.15) is 0 Å². The zero-order chi connectivity index (χ0) is 18.4. The third-order valence-corrected chi connectivity index (χ3v) is 5.31. The lowest BCUT2D eigenvalue weighted by atomic mass is 10.1. The standard InChI is InChI=1S/C19H20ClN3O2S/c20-15-5-3-4-14(10-15)7-9-23-12-16(11-19(23)25)22-17(24)13-26-18-6-1-2-8-21-18/h1-6,8,10,16H,7,9,11-13H2,(H,22,24). The summed E-state index contributed by atoms with van der Waals surface area (Å²) in [6.45, 7) is 1.19. The molecule has 5 nitrogen and oxygen atoms in total. The van der Waals surface area contributed by atoms with Crippen molar-refractivity contribution in [1.82, 2.24) is 15.2 Å². The Hall–Kier alpha value is -2.05. The van der Waals surface area contributed by atoms with E-state index in [1.807, 2.05) is 42.5 Å². The number of hydrogen-bond acceptors (Lipinski definition) is 4. The van der Waals surface area contributed by atoms with Crippen molar-refractivity contribution in [3.05, 3.63) is 59.2 Å². The number of nitrogens with zero attached hydrogens (tertiary/aromatic N) is 2. The first-order chi connectivity index (χ1) is 12.6. The largest absolute Gasteiger partial charge is 0.350 e. The summed E-state index contributed by atoms with van der Waals surface area (Å²) in [5.41, 5.74) is 1.10. The molecule has 0 aliphatic carbocycles. The number of thioether (sulfide) groups is 1. The average molecular weight is 390 g/mol. The van der Waals surface area contributed by atoms with Crippen LogP contribution >= 0.6 is 23.4 Å². The van der Waals surface area contributed by atoms with Gasteiger partial charge in [-0.15, -0.1) is 0 Å². The van der Waals surface area contributed by atoms with Gasteiger partial charge in [0, 0.05) is 30.7 Å². The minimum absolute atomic E-state index is 0.0739. The molecule has 3 rings (SSSR count). The number of benzene rings is 1. The number of amides is 2. The van der Waals surface area contributed by atoms with Gasteiger partial charge in [0.05, 0.1) is 16.8 Å². The zero-order valence-electron chi connectivity index (χ0n) is 14.2. The first-order valence-corrected chi connectivity index (χ1v) is 9.82. The number of hydrogen-bond donors (Lipinski definition) is 1. The van der Waals surface area contributed by atoms with Gasteiger partial charge in [0.1, 0.15) is 0 Å². The number of nitrogens with one attached hydrogen (secondary N) is 1. The van der Waals surface area contributed by atoms with E-state index < -0.39 is 0 Å². The van der Waals surface area contributed by atoms with Gasteiger partial charge < -0.3 is 10.2 Å². The van der Waals surface area contributed by atoms with Crippen LogP contribution < -0.4 is 5.32 Å². The summed E-state index contributed by atoms with van der Waals surface area (Å²) in [5, 5.41) is 4.46. The molecule has 1 atom stereocenters. The maximum Gasteiger partial charge on any atom is 0.230 e. The molecular weight excluding hydrogens is 370 g/mol. The van der Waals surface area contributed by atoms with Crippen molar-refractivity contribution in [2.75, 3.05) is 18.8 Å². The molecule has 1 aliphatic rings. The van der Waals surface area contributed by atoms with Crippen molar-refractivity contribution in [2.45, 2.75) is 23.9 Å². The Morgan fingerprint density at radius 1 is 1.31 bits per heavy atom. The highest BCUT2D eigenvalue weighted by molar-refractivity contribution is 7.99. The van der Waals surface area contributed by atoms with Crippen LogP contribution in [0.4, 0.5) is 0 Å². The van der Waals surface area contributed by atoms with Gasteiger partial charge in [0.25, 0.3) is 0 Å². The molecule has 1 aromatic carbocycles. The topological polar surface area (TPSA) is 62.3 Å². The van der Waals surface area contributed by atoms with Crippen molar-refractivity contribution in [3.8, 4) is 0 Å². The van der Waals surface area contributed by atoms with Crippen LogP contribution in [0.3, 0.4) is 0 Å². The smallest absolute Gasteiger partial charge is 0.230 e. The number of aromatic nitrogens is 1. The van der Waals surface area contributed by atoms with Gasteiger partial charge >= 0.3 is 0 Å². The molecule has 1 fully saturated rings. The predicted molar refractivity (Wildman–Crippen MR) is 103 cm³/mol. The third kappa shape index (κ3) is 5.47. The Morgan fingerprint density at radius 2 is 2.19 bits per heavy atom. The quantitative estimate of drug-likeness (QED) is 0.739. The Balaban J connectivity index is 1.43. The number of carbonyl (C=O) groups excluding carboxylic acids is 2. The lowest BCUT2D eigenvalue weighted by Crippen LogP contribution is -2.38. The zero-order valence-corrected chi connectivity index (χ0v) is 15.8. The molecule has 1 N–H and O–H groups in total. The molecule has 0 bridgehead atoms. The van der Waals surface area contributed by atoms with E-state index in [-0.39, 0.29) is 17.9 Å². The van der Waals surface area contributed by atoms with Crippen LogP contribution in [0.25, 0.3) is 0 Å². The van der Waals surface area contributed by atoms with Gasteiger partial charge in [-0.3, -0.25) is 9.59 Å². The van der Waals surface area contributed by atoms with E-state index in [4.69, 9.17) is 11.6 Å². The molecule has 2 heterocycles. The van der Waals surface area contributed by atoms with Crippen LogP contribution in [0.1, 0.15) is 12.0 Å². The van der Waals surface area contributed by atoms with Crippen LogP contribution in [0.2, 0.25) is 5.02 Å². The Kier molecular flexibility index (Phi) is 6.52. The van der Waals surface area contributed by atoms with Gasteiger partial charge in [-0.1, -0.05) is 41.6 Å². The molecule has 0 spiro atoms. The molecule has 26 heavy (non-hydrogen) atoms. The lowest BCUT2D eigenvalue weighted by molar-refractivity contribution is -0.127. The summed E-state index contributed by atoms with van der Waals surface area (Å²) in [7, 11) is 0. The number of halogens is 1. The number of rotatable bonds is 7. The molecule has 0 saturated carbocycles. The maximum atomic E-state index is 12.2. The SMILES string of the molecule is O=C(CSc1ccccn1)NC1CC(=O)N(CCc2cccc(Cl)c2)C1. The van der Waals surface area contributed by atoms with Crippen LogP contribution in [0, 0.1) is 0 Å². The van der Waals surface area contributed by atoms with Crippen molar-refractivity contribution < 1.29 is 9.59 Å². The molecule has 2 amide bonds. The fourth-order valence-corrected chi connectivity index (χ4v) is 3.77. The van der Waals surface area contributed by atoms with Gasteiger partial charge in [-0.05, 0) is 36.2 Å². The Labute approximate surface area is 162 Å². The molecule has 1 aromatic heterocycles. The highest BCUT2D eigenvalue weighted by Crippen LogP contribution is 2.16. The Morgan fingerprint density at radius 3 is 2.96 bits per heavy atom. The highest BCUT2D eigenvalue weighted by Gasteiger charge is 2.30. The summed E-state index contributed by atoms with van der Waals surface area (Å²) in [6, 6.07) is 13.1. The van der Waals surface area contributed by atoms with Crippen molar-refractivity contribution in [2.24, 2.45) is 0 Å². The molecule has 0 radical (unpaired) electrons. The van der Waals surface area contributed by atoms with E-state index in [0.29, 0.717) is 30.3 Å². The molecule has 1 unspecified atom stereocenters. The molecule has 1 saturated heterocycles. The minimum Gasteiger partial charge on any atom is -0.350 e. The van der Waals surface area contributed by atoms with Gasteiger partial charge in [0.2, 0.25) is 11.8 Å². The second kappa shape index (κ2) is 9.05. The molecule has 7 heteroatoms. The number of likely N-dealkylation sites (tertiary alicyclic amines) is 1. The van der Waals surface area contributed by atoms with E-state index >= 15 is 0 Å². The third-order valence-electron chi connectivity index (χ3n) is 4.13. The second-order valence-corrected chi connectivity index (χ2v) is 7.58. The van der Waals surface area contributed by atoms with Crippen molar-refractivity contribution >= 4 is 35.2 Å². The normalized spacial score (nSPS) is 16.7. The monoisotopic (exact) mass is 389 g/mol. The molecular formula is C19H20ClN3O2S. The summed E-state index contributed by atoms with van der Waals surface area (Å²) >= 11 is 7.38. The van der Waals surface area contributed by atoms with Gasteiger partial charge in [0.15, 0.2) is 0 Å². The van der Waals surface area contributed by atoms with E-state index in [1.54, 1.807) is 11.1 Å². The number of carbonyl (C=O) groups is 2. The van der Waals surface area contributed by atoms with Gasteiger partial charge in [-0.25, -0.2) is 4.98 Å². The van der Waals surface area contributed by atoms with Crippen LogP contribution in [-0.2, 0) is 16.0 Å². The molecule has 1 aliphatic heterocycles. The van der Waals surface area contributed by atoms with E-state index in [1.165, 1.54) is 11.8 Å². The fourth-order valence-electron chi connectivity index (χ4n) is 2.88. The fraction of sp³-hybridized carbons (Fsp3) is 0.316. The highest BCUT2D eigenvalue weighted by atomic mass is 35.5. The second-order valence-electron chi connectivity index (χ2n) is 6.14. The Bertz CT molecular complexity index is 772. The van der Waals surface area contributed by atoms with E-state index in [9.17, 15) is 9.59 Å². The molecule has 136 valence electrons. The van der Waals surface area contributed by atoms with E-state index in [2.05, 4.69) is 10.3 Å². The van der Waals surface area contributed by atoms with Crippen molar-refractivity contribution in [3.63, 3.8) is 0 Å². The van der Waals surface area contributed by atoms with Crippen LogP contribution in [0.5, 0.6) is 0 Å². The summed E-state index contributed by atoms with van der Waals surface area (Å²) in [4.78, 5) is 30.2. The summed E-state index contributed by atoms with van der Waals surface area (Å²) < 4.78 is 0. The number of pyridine rings is 1. The van der Waals surface area contributed by atoms with Crippen LogP contribution in [0.15, 0.2) is 53.7 Å². The lowest BCUT2D eigenvalue weighted by Gasteiger charge is -2.17. The first-order valence-electron chi connectivity index (χ1n) is 8.45. The average Bonchev–Trinajstić information content (AvgIpc) is 2.98. The summed E-state index contributed by atoms with van der Waals surface area (Å²) in [5.74, 6) is 0.300. The minimum atomic E-state index is -0.126.